The highest BCUT2D eigenvalue weighted by Gasteiger charge is 2.26. The van der Waals surface area contributed by atoms with Crippen LogP contribution in [-0.4, -0.2) is 131 Å². The zero-order chi connectivity index (χ0) is 22.0. The maximum atomic E-state index is 12.1. The number of rotatable bonds is 4. The van der Waals surface area contributed by atoms with Crippen LogP contribution in [0.5, 0.6) is 0 Å². The second-order valence-electron chi connectivity index (χ2n) is 6.73. The molecule has 0 aliphatic carbocycles. The molecule has 1 atom stereocenters. The Balaban J connectivity index is 3.00. The SMILES string of the molecule is CC1CN(C(=O)O)CCN(C(=O)O)CCN(C(=O)O)CCN1CC(=O)NCCN. The summed E-state index contributed by atoms with van der Waals surface area (Å²) in [7, 11) is 0. The summed E-state index contributed by atoms with van der Waals surface area (Å²) < 4.78 is 0. The van der Waals surface area contributed by atoms with E-state index in [4.69, 9.17) is 5.73 Å². The molecule has 1 unspecified atom stereocenters. The van der Waals surface area contributed by atoms with Crippen molar-refractivity contribution in [3.05, 3.63) is 0 Å². The minimum Gasteiger partial charge on any atom is -0.465 e. The lowest BCUT2D eigenvalue weighted by molar-refractivity contribution is -0.122. The number of amides is 4. The maximum Gasteiger partial charge on any atom is 0.407 e. The normalized spacial score (nSPS) is 19.8. The second-order valence-corrected chi connectivity index (χ2v) is 6.73. The third-order valence-corrected chi connectivity index (χ3v) is 4.67. The monoisotopic (exact) mass is 418 g/mol. The van der Waals surface area contributed by atoms with E-state index in [1.54, 1.807) is 11.8 Å². The third kappa shape index (κ3) is 8.39. The number of hydrogen-bond acceptors (Lipinski definition) is 6. The molecule has 0 aromatic rings. The molecule has 0 aromatic carbocycles. The number of carboxylic acid groups (broad SMARTS) is 3. The molecule has 29 heavy (non-hydrogen) atoms. The Kier molecular flexibility index (Phi) is 9.96. The van der Waals surface area contributed by atoms with Gasteiger partial charge in [-0.25, -0.2) is 14.4 Å². The van der Waals surface area contributed by atoms with Crippen molar-refractivity contribution in [2.24, 2.45) is 5.73 Å². The summed E-state index contributed by atoms with van der Waals surface area (Å²) in [4.78, 5) is 51.4. The summed E-state index contributed by atoms with van der Waals surface area (Å²) >= 11 is 0. The van der Waals surface area contributed by atoms with Gasteiger partial charge in [-0.15, -0.1) is 0 Å². The van der Waals surface area contributed by atoms with Gasteiger partial charge < -0.3 is 41.1 Å². The fraction of sp³-hybridized carbons (Fsp3) is 0.750. The molecule has 0 aromatic heterocycles. The third-order valence-electron chi connectivity index (χ3n) is 4.67. The Hall–Kier alpha value is -2.80. The van der Waals surface area contributed by atoms with Crippen LogP contribution in [0.1, 0.15) is 6.92 Å². The van der Waals surface area contributed by atoms with Crippen molar-refractivity contribution in [2.45, 2.75) is 13.0 Å². The molecular formula is C16H30N6O7. The lowest BCUT2D eigenvalue weighted by atomic mass is 10.2. The van der Waals surface area contributed by atoms with Crippen LogP contribution in [0.2, 0.25) is 0 Å². The van der Waals surface area contributed by atoms with Gasteiger partial charge in [0.25, 0.3) is 0 Å². The van der Waals surface area contributed by atoms with Crippen LogP contribution >= 0.6 is 0 Å². The van der Waals surface area contributed by atoms with Gasteiger partial charge in [0.15, 0.2) is 0 Å². The number of hydrogen-bond donors (Lipinski definition) is 5. The van der Waals surface area contributed by atoms with Crippen molar-refractivity contribution in [2.75, 3.05) is 65.4 Å². The largest absolute Gasteiger partial charge is 0.465 e. The van der Waals surface area contributed by atoms with Gasteiger partial charge >= 0.3 is 18.3 Å². The second kappa shape index (κ2) is 11.9. The van der Waals surface area contributed by atoms with Crippen molar-refractivity contribution in [3.63, 3.8) is 0 Å². The number of nitrogens with one attached hydrogen (secondary N) is 1. The maximum absolute atomic E-state index is 12.1. The van der Waals surface area contributed by atoms with E-state index in [-0.39, 0.29) is 64.8 Å². The molecule has 4 amide bonds. The van der Waals surface area contributed by atoms with Gasteiger partial charge in [-0.3, -0.25) is 9.69 Å². The van der Waals surface area contributed by atoms with E-state index in [0.717, 1.165) is 14.7 Å². The predicted molar refractivity (Wildman–Crippen MR) is 102 cm³/mol. The molecule has 0 saturated carbocycles. The highest BCUT2D eigenvalue weighted by atomic mass is 16.4. The Morgan fingerprint density at radius 3 is 1.76 bits per heavy atom. The average molecular weight is 418 g/mol. The molecule has 0 radical (unpaired) electrons. The smallest absolute Gasteiger partial charge is 0.407 e. The molecule has 166 valence electrons. The van der Waals surface area contributed by atoms with Crippen LogP contribution in [0, 0.1) is 0 Å². The predicted octanol–water partition coefficient (Wildman–Crippen LogP) is -1.29. The average Bonchev–Trinajstić information content (AvgIpc) is 2.64. The van der Waals surface area contributed by atoms with E-state index in [9.17, 15) is 34.5 Å². The Bertz CT molecular complexity index is 590. The Morgan fingerprint density at radius 2 is 1.31 bits per heavy atom. The fourth-order valence-corrected chi connectivity index (χ4v) is 2.94. The molecule has 13 nitrogen and oxygen atoms in total. The van der Waals surface area contributed by atoms with E-state index >= 15 is 0 Å². The molecule has 6 N–H and O–H groups in total. The van der Waals surface area contributed by atoms with Crippen LogP contribution in [0.3, 0.4) is 0 Å². The summed E-state index contributed by atoms with van der Waals surface area (Å²) in [6, 6.07) is -0.400. The van der Waals surface area contributed by atoms with Gasteiger partial charge in [-0.2, -0.15) is 0 Å². The summed E-state index contributed by atoms with van der Waals surface area (Å²) in [5.74, 6) is -0.296. The standard InChI is InChI=1S/C16H30N6O7/c1-12-10-22(16(28)29)9-7-20(15(26)27)5-4-19(14(24)25)6-8-21(12)11-13(23)18-3-2-17/h12H,2-11,17H2,1H3,(H,18,23)(H,24,25)(H,26,27)(H,28,29). The van der Waals surface area contributed by atoms with Crippen molar-refractivity contribution < 1.29 is 34.5 Å². The lowest BCUT2D eigenvalue weighted by Gasteiger charge is -2.35. The van der Waals surface area contributed by atoms with Gasteiger partial charge in [-0.1, -0.05) is 0 Å². The molecular weight excluding hydrogens is 388 g/mol. The van der Waals surface area contributed by atoms with Crippen LogP contribution in [0.4, 0.5) is 14.4 Å². The molecule has 1 aliphatic heterocycles. The minimum atomic E-state index is -1.25. The van der Waals surface area contributed by atoms with Crippen molar-refractivity contribution in [1.29, 1.82) is 0 Å². The van der Waals surface area contributed by atoms with E-state index in [2.05, 4.69) is 5.32 Å². The molecule has 1 fully saturated rings. The molecule has 1 heterocycles. The van der Waals surface area contributed by atoms with Crippen molar-refractivity contribution in [1.82, 2.24) is 24.9 Å². The first-order chi connectivity index (χ1) is 13.6. The van der Waals surface area contributed by atoms with Gasteiger partial charge in [-0.05, 0) is 6.92 Å². The van der Waals surface area contributed by atoms with Crippen molar-refractivity contribution >= 4 is 24.2 Å². The van der Waals surface area contributed by atoms with E-state index in [0.29, 0.717) is 6.54 Å². The molecule has 13 heteroatoms. The van der Waals surface area contributed by atoms with Crippen LogP contribution < -0.4 is 11.1 Å². The first-order valence-corrected chi connectivity index (χ1v) is 9.30. The zero-order valence-corrected chi connectivity index (χ0v) is 16.5. The van der Waals surface area contributed by atoms with E-state index in [1.807, 2.05) is 0 Å². The van der Waals surface area contributed by atoms with Gasteiger partial charge in [0.1, 0.15) is 0 Å². The minimum absolute atomic E-state index is 0.0384. The van der Waals surface area contributed by atoms with Gasteiger partial charge in [0.05, 0.1) is 6.54 Å². The molecule has 1 saturated heterocycles. The number of carbonyl (C=O) groups is 4. The summed E-state index contributed by atoms with van der Waals surface area (Å²) in [5.41, 5.74) is 5.37. The first-order valence-electron chi connectivity index (χ1n) is 9.30. The molecule has 1 rings (SSSR count). The highest BCUT2D eigenvalue weighted by Crippen LogP contribution is 2.07. The van der Waals surface area contributed by atoms with Crippen LogP contribution in [-0.2, 0) is 4.79 Å². The molecule has 0 spiro atoms. The van der Waals surface area contributed by atoms with Crippen LogP contribution in [0.25, 0.3) is 0 Å². The van der Waals surface area contributed by atoms with Gasteiger partial charge in [0, 0.05) is 64.9 Å². The molecule has 0 bridgehead atoms. The topological polar surface area (TPSA) is 180 Å². The summed E-state index contributed by atoms with van der Waals surface area (Å²) in [6.45, 7) is 2.26. The van der Waals surface area contributed by atoms with E-state index in [1.165, 1.54) is 0 Å². The zero-order valence-electron chi connectivity index (χ0n) is 16.5. The molecule has 1 aliphatic rings. The Labute approximate surface area is 168 Å². The van der Waals surface area contributed by atoms with Gasteiger partial charge in [0.2, 0.25) is 5.91 Å². The Morgan fingerprint density at radius 1 is 0.862 bits per heavy atom. The lowest BCUT2D eigenvalue weighted by Crippen LogP contribution is -2.53. The number of carbonyl (C=O) groups excluding carboxylic acids is 1. The van der Waals surface area contributed by atoms with E-state index < -0.39 is 24.3 Å². The number of nitrogens with two attached hydrogens (primary N) is 1. The summed E-state index contributed by atoms with van der Waals surface area (Å²) in [6.07, 6.45) is -3.64. The van der Waals surface area contributed by atoms with Crippen LogP contribution in [0.15, 0.2) is 0 Å². The first kappa shape index (κ1) is 24.2. The quantitative estimate of drug-likeness (QED) is 0.371. The number of nitrogens with zero attached hydrogens (tertiary/aromatic N) is 4. The summed E-state index contributed by atoms with van der Waals surface area (Å²) in [5, 5.41) is 30.8. The van der Waals surface area contributed by atoms with Crippen molar-refractivity contribution in [3.8, 4) is 0 Å². The fourth-order valence-electron chi connectivity index (χ4n) is 2.94. The highest BCUT2D eigenvalue weighted by molar-refractivity contribution is 5.78.